The van der Waals surface area contributed by atoms with Crippen LogP contribution in [0.5, 0.6) is 0 Å². The Hall–Kier alpha value is -0.240. The molecule has 0 spiro atoms. The van der Waals surface area contributed by atoms with Gasteiger partial charge in [0, 0.05) is 12.6 Å². The molecule has 1 rings (SSSR count). The lowest BCUT2D eigenvalue weighted by Crippen LogP contribution is -2.40. The number of carbonyl (C=O) groups excluding carboxylic acids is 1. The zero-order chi connectivity index (χ0) is 8.97. The Morgan fingerprint density at radius 2 is 2.33 bits per heavy atom. The molecule has 1 fully saturated rings. The molecule has 2 nitrogen and oxygen atoms in total. The van der Waals surface area contributed by atoms with E-state index in [1.54, 1.807) is 0 Å². The largest absolute Gasteiger partial charge is 0.326 e. The molecule has 1 aliphatic heterocycles. The van der Waals surface area contributed by atoms with E-state index in [0.29, 0.717) is 6.04 Å². The molecule has 0 bridgehead atoms. The van der Waals surface area contributed by atoms with Crippen LogP contribution in [0.15, 0.2) is 0 Å². The Labute approximate surface area is 78.9 Å². The highest BCUT2D eigenvalue weighted by atomic mass is 35.5. The highest BCUT2D eigenvalue weighted by molar-refractivity contribution is 6.62. The van der Waals surface area contributed by atoms with Crippen molar-refractivity contribution in [2.24, 2.45) is 0 Å². The number of carbonyl (C=O) groups is 1. The molecular weight excluding hydrogens is 174 g/mol. The number of amides is 1. The monoisotopic (exact) mass is 189 g/mol. The normalized spacial score (nSPS) is 24.2. The van der Waals surface area contributed by atoms with Crippen LogP contribution in [0.3, 0.4) is 0 Å². The lowest BCUT2D eigenvalue weighted by atomic mass is 9.99. The lowest BCUT2D eigenvalue weighted by molar-refractivity contribution is 0.166. The van der Waals surface area contributed by atoms with Crippen molar-refractivity contribution in [2.45, 2.75) is 45.1 Å². The second kappa shape index (κ2) is 4.70. The van der Waals surface area contributed by atoms with Gasteiger partial charge in [-0.05, 0) is 37.3 Å². The first-order valence-electron chi connectivity index (χ1n) is 4.71. The Kier molecular flexibility index (Phi) is 3.86. The molecule has 12 heavy (non-hydrogen) atoms. The van der Waals surface area contributed by atoms with E-state index >= 15 is 0 Å². The van der Waals surface area contributed by atoms with E-state index in [4.69, 9.17) is 11.6 Å². The summed E-state index contributed by atoms with van der Waals surface area (Å²) in [6, 6.07) is 0.411. The third-order valence-corrected chi connectivity index (χ3v) is 2.69. The number of nitrogens with zero attached hydrogens (tertiary/aromatic N) is 1. The van der Waals surface area contributed by atoms with E-state index in [1.807, 2.05) is 4.90 Å². The first kappa shape index (κ1) is 9.85. The molecule has 1 amide bonds. The highest BCUT2D eigenvalue weighted by Gasteiger charge is 2.24. The predicted octanol–water partition coefficient (Wildman–Crippen LogP) is 3.00. The van der Waals surface area contributed by atoms with Gasteiger partial charge in [0.25, 0.3) is 0 Å². The first-order valence-corrected chi connectivity index (χ1v) is 5.09. The molecular formula is C9H16ClNO. The molecule has 3 heteroatoms. The molecule has 0 aliphatic carbocycles. The standard InChI is InChI=1S/C9H16ClNO/c1-2-5-8-6-3-4-7-11(8)9(10)12/h8H,2-7H2,1H3. The van der Waals surface area contributed by atoms with Crippen LogP contribution in [0, 0.1) is 0 Å². The summed E-state index contributed by atoms with van der Waals surface area (Å²) in [4.78, 5) is 12.8. The summed E-state index contributed by atoms with van der Waals surface area (Å²) in [5.41, 5.74) is 0. The first-order chi connectivity index (χ1) is 5.75. The molecule has 0 aromatic heterocycles. The van der Waals surface area contributed by atoms with Crippen molar-refractivity contribution in [3.8, 4) is 0 Å². The molecule has 0 saturated carbocycles. The minimum Gasteiger partial charge on any atom is -0.326 e. The molecule has 1 heterocycles. The molecule has 1 saturated heterocycles. The molecule has 0 aromatic carbocycles. The van der Waals surface area contributed by atoms with Crippen LogP contribution in [-0.4, -0.2) is 22.9 Å². The van der Waals surface area contributed by atoms with Gasteiger partial charge in [0.05, 0.1) is 0 Å². The molecule has 1 atom stereocenters. The van der Waals surface area contributed by atoms with Crippen molar-refractivity contribution >= 4 is 17.0 Å². The molecule has 1 unspecified atom stereocenters. The van der Waals surface area contributed by atoms with Crippen molar-refractivity contribution < 1.29 is 4.79 Å². The molecule has 70 valence electrons. The van der Waals surface area contributed by atoms with Gasteiger partial charge in [-0.3, -0.25) is 4.79 Å². The number of halogens is 1. The summed E-state index contributed by atoms with van der Waals surface area (Å²) in [5.74, 6) is 0. The van der Waals surface area contributed by atoms with Crippen LogP contribution < -0.4 is 0 Å². The minimum absolute atomic E-state index is 0.270. The van der Waals surface area contributed by atoms with E-state index in [9.17, 15) is 4.79 Å². The molecule has 0 aromatic rings. The number of rotatable bonds is 2. The molecule has 0 N–H and O–H groups in total. The summed E-state index contributed by atoms with van der Waals surface area (Å²) in [6.07, 6.45) is 5.71. The lowest BCUT2D eigenvalue weighted by Gasteiger charge is -2.33. The van der Waals surface area contributed by atoms with Crippen molar-refractivity contribution in [1.29, 1.82) is 0 Å². The molecule has 0 radical (unpaired) electrons. The number of hydrogen-bond donors (Lipinski definition) is 0. The van der Waals surface area contributed by atoms with E-state index in [-0.39, 0.29) is 5.37 Å². The van der Waals surface area contributed by atoms with Crippen molar-refractivity contribution in [3.05, 3.63) is 0 Å². The number of hydrogen-bond acceptors (Lipinski definition) is 1. The van der Waals surface area contributed by atoms with Gasteiger partial charge in [0.1, 0.15) is 0 Å². The summed E-state index contributed by atoms with van der Waals surface area (Å²) in [6.45, 7) is 3.00. The van der Waals surface area contributed by atoms with Crippen molar-refractivity contribution in [3.63, 3.8) is 0 Å². The van der Waals surface area contributed by atoms with E-state index in [2.05, 4.69) is 6.92 Å². The fraction of sp³-hybridized carbons (Fsp3) is 0.889. The topological polar surface area (TPSA) is 20.3 Å². The number of likely N-dealkylation sites (tertiary alicyclic amines) is 1. The Balaban J connectivity index is 2.48. The fourth-order valence-electron chi connectivity index (χ4n) is 1.87. The summed E-state index contributed by atoms with van der Waals surface area (Å²) in [5, 5.41) is -0.270. The van der Waals surface area contributed by atoms with Gasteiger partial charge in [-0.25, -0.2) is 0 Å². The third kappa shape index (κ3) is 2.37. The van der Waals surface area contributed by atoms with Gasteiger partial charge >= 0.3 is 5.37 Å². The minimum atomic E-state index is -0.270. The van der Waals surface area contributed by atoms with Gasteiger partial charge in [0.15, 0.2) is 0 Å². The Morgan fingerprint density at radius 1 is 1.58 bits per heavy atom. The maximum absolute atomic E-state index is 11.0. The maximum atomic E-state index is 11.0. The van der Waals surface area contributed by atoms with Crippen LogP contribution in [0.1, 0.15) is 39.0 Å². The summed E-state index contributed by atoms with van der Waals surface area (Å²) < 4.78 is 0. The SMILES string of the molecule is CCCC1CCCCN1C(=O)Cl. The van der Waals surface area contributed by atoms with Crippen LogP contribution in [0.2, 0.25) is 0 Å². The number of piperidine rings is 1. The molecule has 1 aliphatic rings. The quantitative estimate of drug-likeness (QED) is 0.483. The van der Waals surface area contributed by atoms with Crippen LogP contribution in [-0.2, 0) is 0 Å². The van der Waals surface area contributed by atoms with E-state index < -0.39 is 0 Å². The average Bonchev–Trinajstić information content (AvgIpc) is 2.05. The summed E-state index contributed by atoms with van der Waals surface area (Å²) >= 11 is 5.47. The predicted molar refractivity (Wildman–Crippen MR) is 50.5 cm³/mol. The van der Waals surface area contributed by atoms with Crippen molar-refractivity contribution in [1.82, 2.24) is 4.90 Å². The fourth-order valence-corrected chi connectivity index (χ4v) is 2.09. The van der Waals surface area contributed by atoms with Gasteiger partial charge in [-0.15, -0.1) is 0 Å². The average molecular weight is 190 g/mol. The smallest absolute Gasteiger partial charge is 0.316 e. The van der Waals surface area contributed by atoms with Crippen molar-refractivity contribution in [2.75, 3.05) is 6.54 Å². The van der Waals surface area contributed by atoms with Gasteiger partial charge in [0.2, 0.25) is 0 Å². The zero-order valence-corrected chi connectivity index (χ0v) is 8.31. The summed E-state index contributed by atoms with van der Waals surface area (Å²) in [7, 11) is 0. The van der Waals surface area contributed by atoms with Crippen LogP contribution in [0.25, 0.3) is 0 Å². The van der Waals surface area contributed by atoms with Gasteiger partial charge in [-0.2, -0.15) is 0 Å². The van der Waals surface area contributed by atoms with Crippen LogP contribution in [0.4, 0.5) is 4.79 Å². The van der Waals surface area contributed by atoms with Crippen LogP contribution >= 0.6 is 11.6 Å². The highest BCUT2D eigenvalue weighted by Crippen LogP contribution is 2.21. The second-order valence-corrected chi connectivity index (χ2v) is 3.71. The van der Waals surface area contributed by atoms with Gasteiger partial charge < -0.3 is 4.90 Å². The second-order valence-electron chi connectivity index (χ2n) is 3.38. The van der Waals surface area contributed by atoms with E-state index in [1.165, 1.54) is 6.42 Å². The Bertz CT molecular complexity index is 159. The third-order valence-electron chi connectivity index (χ3n) is 2.47. The zero-order valence-electron chi connectivity index (χ0n) is 7.55. The Morgan fingerprint density at radius 3 is 2.92 bits per heavy atom. The van der Waals surface area contributed by atoms with Gasteiger partial charge in [-0.1, -0.05) is 13.3 Å². The maximum Gasteiger partial charge on any atom is 0.316 e. The van der Waals surface area contributed by atoms with E-state index in [0.717, 1.165) is 32.2 Å².